The third-order valence-corrected chi connectivity index (χ3v) is 3.19. The van der Waals surface area contributed by atoms with Gasteiger partial charge in [0.15, 0.2) is 11.5 Å². The first kappa shape index (κ1) is 16.7. The average Bonchev–Trinajstić information content (AvgIpc) is 2.40. The number of benzene rings is 1. The fourth-order valence-corrected chi connectivity index (χ4v) is 1.88. The second-order valence-corrected chi connectivity index (χ2v) is 4.78. The maximum Gasteiger partial charge on any atom is 0.387 e. The minimum Gasteiger partial charge on any atom is -0.490 e. The Bertz CT molecular complexity index is 410. The molecule has 0 aliphatic carbocycles. The lowest BCUT2D eigenvalue weighted by Crippen LogP contribution is -2.07. The Labute approximate surface area is 118 Å². The van der Waals surface area contributed by atoms with Gasteiger partial charge in [-0.15, -0.1) is 0 Å². The van der Waals surface area contributed by atoms with Gasteiger partial charge in [0.1, 0.15) is 0 Å². The van der Waals surface area contributed by atoms with E-state index < -0.39 is 12.7 Å². The van der Waals surface area contributed by atoms with Crippen LogP contribution in [-0.4, -0.2) is 18.3 Å². The van der Waals surface area contributed by atoms with E-state index in [-0.39, 0.29) is 11.5 Å². The molecule has 0 amide bonds. The largest absolute Gasteiger partial charge is 0.490 e. The van der Waals surface area contributed by atoms with Crippen LogP contribution >= 0.6 is 0 Å². The molecule has 0 aliphatic heterocycles. The van der Waals surface area contributed by atoms with Gasteiger partial charge in [-0.05, 0) is 37.0 Å². The van der Waals surface area contributed by atoms with Gasteiger partial charge in [0.05, 0.1) is 12.7 Å². The molecule has 0 spiro atoms. The summed E-state index contributed by atoms with van der Waals surface area (Å²) in [5.74, 6) is 0.604. The monoisotopic (exact) mass is 288 g/mol. The smallest absolute Gasteiger partial charge is 0.387 e. The van der Waals surface area contributed by atoms with Crippen molar-refractivity contribution in [2.75, 3.05) is 6.61 Å². The molecule has 0 saturated heterocycles. The van der Waals surface area contributed by atoms with Crippen molar-refractivity contribution in [3.05, 3.63) is 23.8 Å². The minimum absolute atomic E-state index is 0.0126. The third kappa shape index (κ3) is 4.96. The average molecular weight is 288 g/mol. The molecule has 0 radical (unpaired) electrons. The zero-order valence-electron chi connectivity index (χ0n) is 12.1. The molecule has 114 valence electrons. The van der Waals surface area contributed by atoms with E-state index in [1.807, 2.05) is 0 Å². The van der Waals surface area contributed by atoms with Crippen LogP contribution in [0.2, 0.25) is 0 Å². The second-order valence-electron chi connectivity index (χ2n) is 4.78. The Kier molecular flexibility index (Phi) is 6.71. The topological polar surface area (TPSA) is 38.7 Å². The van der Waals surface area contributed by atoms with Crippen molar-refractivity contribution in [3.8, 4) is 11.5 Å². The van der Waals surface area contributed by atoms with Gasteiger partial charge in [-0.25, -0.2) is 0 Å². The molecular formula is C15H22F2O3. The molecule has 0 aromatic heterocycles. The molecule has 0 aliphatic rings. The number of rotatable bonds is 8. The summed E-state index contributed by atoms with van der Waals surface area (Å²) >= 11 is 0. The molecule has 0 saturated carbocycles. The lowest BCUT2D eigenvalue weighted by atomic mass is 9.96. The molecule has 1 aromatic carbocycles. The Morgan fingerprint density at radius 3 is 2.45 bits per heavy atom. The number of aliphatic hydroxyl groups excluding tert-OH is 1. The minimum atomic E-state index is -2.90. The molecule has 2 unspecified atom stereocenters. The third-order valence-electron chi connectivity index (χ3n) is 3.19. The summed E-state index contributed by atoms with van der Waals surface area (Å²) in [5, 5.41) is 10.1. The molecule has 20 heavy (non-hydrogen) atoms. The van der Waals surface area contributed by atoms with E-state index in [9.17, 15) is 13.9 Å². The van der Waals surface area contributed by atoms with Gasteiger partial charge in [0.2, 0.25) is 0 Å². The normalized spacial score (nSPS) is 14.2. The quantitative estimate of drug-likeness (QED) is 0.780. The van der Waals surface area contributed by atoms with E-state index in [4.69, 9.17) is 4.74 Å². The van der Waals surface area contributed by atoms with Gasteiger partial charge in [-0.3, -0.25) is 0 Å². The van der Waals surface area contributed by atoms with E-state index in [1.165, 1.54) is 6.07 Å². The summed E-state index contributed by atoms with van der Waals surface area (Å²) in [5.41, 5.74) is 0.648. The highest BCUT2D eigenvalue weighted by atomic mass is 19.3. The van der Waals surface area contributed by atoms with E-state index in [0.29, 0.717) is 24.5 Å². The fourth-order valence-electron chi connectivity index (χ4n) is 1.88. The number of aliphatic hydroxyl groups is 1. The number of alkyl halides is 2. The molecule has 0 bridgehead atoms. The van der Waals surface area contributed by atoms with Crippen molar-refractivity contribution in [3.63, 3.8) is 0 Å². The van der Waals surface area contributed by atoms with Gasteiger partial charge in [-0.2, -0.15) is 8.78 Å². The first-order valence-electron chi connectivity index (χ1n) is 6.87. The Balaban J connectivity index is 2.91. The molecule has 2 atom stereocenters. The molecule has 0 fully saturated rings. The highest BCUT2D eigenvalue weighted by Gasteiger charge is 2.16. The summed E-state index contributed by atoms with van der Waals surface area (Å²) in [6.45, 7) is 3.31. The molecule has 1 N–H and O–H groups in total. The molecular weight excluding hydrogens is 266 g/mol. The number of hydrogen-bond acceptors (Lipinski definition) is 3. The first-order valence-corrected chi connectivity index (χ1v) is 6.87. The predicted molar refractivity (Wildman–Crippen MR) is 73.3 cm³/mol. The summed E-state index contributed by atoms with van der Waals surface area (Å²) in [6, 6.07) is 4.56. The van der Waals surface area contributed by atoms with Crippen LogP contribution in [0.3, 0.4) is 0 Å². The van der Waals surface area contributed by atoms with Crippen LogP contribution in [0.5, 0.6) is 11.5 Å². The molecule has 1 rings (SSSR count). The van der Waals surface area contributed by atoms with Crippen molar-refractivity contribution in [2.45, 2.75) is 46.3 Å². The van der Waals surface area contributed by atoms with E-state index in [2.05, 4.69) is 18.6 Å². The van der Waals surface area contributed by atoms with Crippen LogP contribution in [0.1, 0.15) is 45.3 Å². The fraction of sp³-hybridized carbons (Fsp3) is 0.600. The van der Waals surface area contributed by atoms with E-state index in [0.717, 1.165) is 6.42 Å². The molecule has 3 nitrogen and oxygen atoms in total. The Morgan fingerprint density at radius 1 is 1.20 bits per heavy atom. The zero-order valence-corrected chi connectivity index (χ0v) is 12.1. The second kappa shape index (κ2) is 8.04. The standard InChI is InChI=1S/C15H22F2O3/c1-4-10(3)8-12(18)11-6-7-13(20-15(16)17)14(9-11)19-5-2/h6-7,9-10,12,15,18H,4-5,8H2,1-3H3. The van der Waals surface area contributed by atoms with Crippen LogP contribution < -0.4 is 9.47 Å². The van der Waals surface area contributed by atoms with Crippen LogP contribution in [0, 0.1) is 5.92 Å². The van der Waals surface area contributed by atoms with Gasteiger partial charge >= 0.3 is 6.61 Å². The molecule has 1 aromatic rings. The maximum absolute atomic E-state index is 12.3. The SMILES string of the molecule is CCOc1cc(C(O)CC(C)CC)ccc1OC(F)F. The van der Waals surface area contributed by atoms with Crippen LogP contribution in [0.4, 0.5) is 8.78 Å². The van der Waals surface area contributed by atoms with Gasteiger partial charge in [0, 0.05) is 0 Å². The van der Waals surface area contributed by atoms with Gasteiger partial charge in [0.25, 0.3) is 0 Å². The first-order chi connectivity index (χ1) is 9.47. The number of halogens is 2. The Hall–Kier alpha value is -1.36. The number of hydrogen-bond donors (Lipinski definition) is 1. The van der Waals surface area contributed by atoms with Crippen LogP contribution in [0.25, 0.3) is 0 Å². The van der Waals surface area contributed by atoms with Crippen LogP contribution in [0.15, 0.2) is 18.2 Å². The van der Waals surface area contributed by atoms with Crippen molar-refractivity contribution >= 4 is 0 Å². The summed E-state index contributed by atoms with van der Waals surface area (Å²) in [7, 11) is 0. The summed E-state index contributed by atoms with van der Waals surface area (Å²) in [6.07, 6.45) is 0.962. The zero-order chi connectivity index (χ0) is 15.1. The number of ether oxygens (including phenoxy) is 2. The molecule has 5 heteroatoms. The summed E-state index contributed by atoms with van der Waals surface area (Å²) in [4.78, 5) is 0. The van der Waals surface area contributed by atoms with Gasteiger partial charge < -0.3 is 14.6 Å². The van der Waals surface area contributed by atoms with E-state index >= 15 is 0 Å². The molecule has 0 heterocycles. The van der Waals surface area contributed by atoms with Crippen molar-refractivity contribution in [1.29, 1.82) is 0 Å². The van der Waals surface area contributed by atoms with Gasteiger partial charge in [-0.1, -0.05) is 26.3 Å². The Morgan fingerprint density at radius 2 is 1.90 bits per heavy atom. The lowest BCUT2D eigenvalue weighted by Gasteiger charge is -2.18. The predicted octanol–water partition coefficient (Wildman–Crippen LogP) is 4.16. The lowest BCUT2D eigenvalue weighted by molar-refractivity contribution is -0.0514. The maximum atomic E-state index is 12.3. The van der Waals surface area contributed by atoms with Crippen molar-refractivity contribution < 1.29 is 23.4 Å². The van der Waals surface area contributed by atoms with Crippen LogP contribution in [-0.2, 0) is 0 Å². The van der Waals surface area contributed by atoms with Crippen molar-refractivity contribution in [2.24, 2.45) is 5.92 Å². The van der Waals surface area contributed by atoms with E-state index in [1.54, 1.807) is 19.1 Å². The van der Waals surface area contributed by atoms with Crippen molar-refractivity contribution in [1.82, 2.24) is 0 Å². The highest BCUT2D eigenvalue weighted by molar-refractivity contribution is 5.43. The highest BCUT2D eigenvalue weighted by Crippen LogP contribution is 2.33. The summed E-state index contributed by atoms with van der Waals surface area (Å²) < 4.78 is 34.3.